The first-order valence-electron chi connectivity index (χ1n) is 9.31. The van der Waals surface area contributed by atoms with Crippen LogP contribution in [0.15, 0.2) is 59.3 Å². The first kappa shape index (κ1) is 19.9. The highest BCUT2D eigenvalue weighted by Crippen LogP contribution is 2.21. The van der Waals surface area contributed by atoms with Crippen LogP contribution < -0.4 is 10.2 Å². The summed E-state index contributed by atoms with van der Waals surface area (Å²) in [5.74, 6) is -0.175. The largest absolute Gasteiger partial charge is 0.459 e. The molecule has 1 aliphatic heterocycles. The Labute approximate surface area is 177 Å². The lowest BCUT2D eigenvalue weighted by molar-refractivity contribution is 0.0746. The van der Waals surface area contributed by atoms with Crippen LogP contribution in [0.3, 0.4) is 0 Å². The topological polar surface area (TPSA) is 78.7 Å². The molecule has 0 saturated carbocycles. The number of furan rings is 1. The summed E-state index contributed by atoms with van der Waals surface area (Å²) in [5.41, 5.74) is 0.717. The molecule has 0 bridgehead atoms. The fourth-order valence-corrected chi connectivity index (χ4v) is 3.42. The average Bonchev–Trinajstić information content (AvgIpc) is 3.31. The van der Waals surface area contributed by atoms with E-state index in [-0.39, 0.29) is 28.2 Å². The Balaban J connectivity index is 1.35. The number of hydrogen-bond donors (Lipinski definition) is 1. The maximum absolute atomic E-state index is 13.5. The number of carbonyl (C=O) groups is 2. The van der Waals surface area contributed by atoms with Crippen LogP contribution in [0.1, 0.15) is 20.9 Å². The third-order valence-electron chi connectivity index (χ3n) is 4.80. The molecule has 4 rings (SSSR count). The van der Waals surface area contributed by atoms with Crippen molar-refractivity contribution in [2.45, 2.75) is 0 Å². The van der Waals surface area contributed by atoms with E-state index in [1.807, 2.05) is 4.90 Å². The number of pyridine rings is 1. The van der Waals surface area contributed by atoms with Gasteiger partial charge in [0.1, 0.15) is 11.6 Å². The molecular weight excluding hydrogens is 411 g/mol. The Morgan fingerprint density at radius 3 is 2.57 bits per heavy atom. The van der Waals surface area contributed by atoms with Gasteiger partial charge in [0.15, 0.2) is 5.76 Å². The van der Waals surface area contributed by atoms with Crippen molar-refractivity contribution in [3.63, 3.8) is 0 Å². The molecule has 154 valence electrons. The lowest BCUT2D eigenvalue weighted by Gasteiger charge is -2.35. The van der Waals surface area contributed by atoms with Gasteiger partial charge in [-0.3, -0.25) is 9.59 Å². The van der Waals surface area contributed by atoms with Crippen molar-refractivity contribution in [3.8, 4) is 0 Å². The zero-order valence-electron chi connectivity index (χ0n) is 15.8. The summed E-state index contributed by atoms with van der Waals surface area (Å²) in [6.07, 6.45) is 3.00. The van der Waals surface area contributed by atoms with E-state index in [0.717, 1.165) is 11.9 Å². The van der Waals surface area contributed by atoms with E-state index in [9.17, 15) is 14.0 Å². The lowest BCUT2D eigenvalue weighted by atomic mass is 10.1. The molecule has 2 aromatic heterocycles. The summed E-state index contributed by atoms with van der Waals surface area (Å²) >= 11 is 6.05. The van der Waals surface area contributed by atoms with E-state index in [2.05, 4.69) is 10.3 Å². The quantitative estimate of drug-likeness (QED) is 0.685. The van der Waals surface area contributed by atoms with E-state index in [4.69, 9.17) is 16.0 Å². The van der Waals surface area contributed by atoms with Crippen molar-refractivity contribution in [1.29, 1.82) is 0 Å². The van der Waals surface area contributed by atoms with Gasteiger partial charge in [-0.05, 0) is 42.5 Å². The van der Waals surface area contributed by atoms with Gasteiger partial charge in [-0.15, -0.1) is 0 Å². The highest BCUT2D eigenvalue weighted by atomic mass is 35.5. The van der Waals surface area contributed by atoms with Gasteiger partial charge in [0, 0.05) is 26.2 Å². The molecule has 7 nitrogen and oxygen atoms in total. The minimum atomic E-state index is -0.496. The Bertz CT molecular complexity index is 1050. The standard InChI is InChI=1S/C21H18ClFN4O3/c22-17-5-3-14(23)12-16(17)21(29)27-9-7-26(8-10-27)19-6-4-15(13-24-19)25-20(28)18-2-1-11-30-18/h1-6,11-13H,7-10H2,(H,25,28). The van der Waals surface area contributed by atoms with Crippen LogP contribution in [-0.2, 0) is 0 Å². The van der Waals surface area contributed by atoms with E-state index < -0.39 is 5.82 Å². The summed E-state index contributed by atoms with van der Waals surface area (Å²) < 4.78 is 18.5. The van der Waals surface area contributed by atoms with Crippen molar-refractivity contribution in [2.75, 3.05) is 36.4 Å². The molecule has 1 aromatic carbocycles. The highest BCUT2D eigenvalue weighted by Gasteiger charge is 2.24. The second-order valence-electron chi connectivity index (χ2n) is 6.74. The third-order valence-corrected chi connectivity index (χ3v) is 5.13. The van der Waals surface area contributed by atoms with Crippen molar-refractivity contribution in [1.82, 2.24) is 9.88 Å². The van der Waals surface area contributed by atoms with E-state index in [1.54, 1.807) is 35.4 Å². The first-order valence-corrected chi connectivity index (χ1v) is 9.69. The van der Waals surface area contributed by atoms with Gasteiger partial charge in [0.2, 0.25) is 0 Å². The van der Waals surface area contributed by atoms with Crippen LogP contribution in [0.4, 0.5) is 15.9 Å². The molecule has 0 unspecified atom stereocenters. The summed E-state index contributed by atoms with van der Waals surface area (Å²) in [4.78, 5) is 32.7. The van der Waals surface area contributed by atoms with Crippen molar-refractivity contribution < 1.29 is 18.4 Å². The number of aromatic nitrogens is 1. The predicted molar refractivity (Wildman–Crippen MR) is 110 cm³/mol. The first-order chi connectivity index (χ1) is 14.5. The molecule has 3 heterocycles. The van der Waals surface area contributed by atoms with Gasteiger partial charge < -0.3 is 19.5 Å². The number of amides is 2. The monoisotopic (exact) mass is 428 g/mol. The van der Waals surface area contributed by atoms with E-state index in [1.165, 1.54) is 18.4 Å². The van der Waals surface area contributed by atoms with Crippen LogP contribution >= 0.6 is 11.6 Å². The summed E-state index contributed by atoms with van der Waals surface area (Å²) in [6, 6.07) is 10.6. The Hall–Kier alpha value is -3.39. The van der Waals surface area contributed by atoms with Crippen LogP contribution in [-0.4, -0.2) is 47.9 Å². The van der Waals surface area contributed by atoms with Gasteiger partial charge in [-0.25, -0.2) is 9.37 Å². The van der Waals surface area contributed by atoms with Crippen LogP contribution in [0.5, 0.6) is 0 Å². The van der Waals surface area contributed by atoms with Crippen LogP contribution in [0, 0.1) is 5.82 Å². The number of anilines is 2. The van der Waals surface area contributed by atoms with Crippen molar-refractivity contribution in [2.24, 2.45) is 0 Å². The summed E-state index contributed by atoms with van der Waals surface area (Å²) in [7, 11) is 0. The number of nitrogens with one attached hydrogen (secondary N) is 1. The maximum Gasteiger partial charge on any atom is 0.291 e. The number of halogens is 2. The molecular formula is C21H18ClFN4O3. The smallest absolute Gasteiger partial charge is 0.291 e. The predicted octanol–water partition coefficient (Wildman–Crippen LogP) is 3.68. The fraction of sp³-hybridized carbons (Fsp3) is 0.190. The van der Waals surface area contributed by atoms with Crippen molar-refractivity contribution in [3.05, 3.63) is 77.1 Å². The zero-order chi connectivity index (χ0) is 21.1. The molecule has 0 spiro atoms. The third kappa shape index (κ3) is 4.28. The summed E-state index contributed by atoms with van der Waals surface area (Å²) in [5, 5.41) is 2.95. The minimum absolute atomic E-state index is 0.167. The number of benzene rings is 1. The van der Waals surface area contributed by atoms with Gasteiger partial charge in [-0.2, -0.15) is 0 Å². The number of nitrogens with zero attached hydrogens (tertiary/aromatic N) is 3. The summed E-state index contributed by atoms with van der Waals surface area (Å²) in [6.45, 7) is 2.07. The number of carbonyl (C=O) groups excluding carboxylic acids is 2. The van der Waals surface area contributed by atoms with E-state index >= 15 is 0 Å². The molecule has 0 aliphatic carbocycles. The normalized spacial score (nSPS) is 13.9. The molecule has 30 heavy (non-hydrogen) atoms. The van der Waals surface area contributed by atoms with E-state index in [0.29, 0.717) is 31.9 Å². The Kier molecular flexibility index (Phi) is 5.67. The molecule has 1 N–H and O–H groups in total. The maximum atomic E-state index is 13.5. The molecule has 3 aromatic rings. The molecule has 0 atom stereocenters. The number of piperazine rings is 1. The second-order valence-corrected chi connectivity index (χ2v) is 7.15. The molecule has 2 amide bonds. The minimum Gasteiger partial charge on any atom is -0.459 e. The highest BCUT2D eigenvalue weighted by molar-refractivity contribution is 6.33. The zero-order valence-corrected chi connectivity index (χ0v) is 16.6. The Morgan fingerprint density at radius 1 is 1.10 bits per heavy atom. The lowest BCUT2D eigenvalue weighted by Crippen LogP contribution is -2.49. The van der Waals surface area contributed by atoms with Crippen LogP contribution in [0.2, 0.25) is 5.02 Å². The number of rotatable bonds is 4. The van der Waals surface area contributed by atoms with Crippen molar-refractivity contribution >= 4 is 34.9 Å². The molecule has 0 radical (unpaired) electrons. The van der Waals surface area contributed by atoms with Gasteiger partial charge in [-0.1, -0.05) is 11.6 Å². The SMILES string of the molecule is O=C(Nc1ccc(N2CCN(C(=O)c3cc(F)ccc3Cl)CC2)nc1)c1ccco1. The number of hydrogen-bond acceptors (Lipinski definition) is 5. The van der Waals surface area contributed by atoms with Gasteiger partial charge in [0.25, 0.3) is 11.8 Å². The fourth-order valence-electron chi connectivity index (χ4n) is 3.22. The Morgan fingerprint density at radius 2 is 1.90 bits per heavy atom. The molecule has 1 fully saturated rings. The van der Waals surface area contributed by atoms with Crippen LogP contribution in [0.25, 0.3) is 0 Å². The van der Waals surface area contributed by atoms with Gasteiger partial charge >= 0.3 is 0 Å². The average molecular weight is 429 g/mol. The molecule has 1 saturated heterocycles. The molecule has 9 heteroatoms. The second kappa shape index (κ2) is 8.54. The molecule has 1 aliphatic rings. The van der Waals surface area contributed by atoms with Gasteiger partial charge in [0.05, 0.1) is 28.7 Å².